The van der Waals surface area contributed by atoms with E-state index in [0.717, 1.165) is 65.1 Å². The molecule has 2 aliphatic rings. The van der Waals surface area contributed by atoms with E-state index >= 15 is 0 Å². The number of nitrogens with one attached hydrogen (secondary N) is 1. The quantitative estimate of drug-likeness (QED) is 0.521. The van der Waals surface area contributed by atoms with Crippen LogP contribution in [0.2, 0.25) is 0 Å². The van der Waals surface area contributed by atoms with Crippen LogP contribution >= 0.6 is 11.3 Å². The van der Waals surface area contributed by atoms with Crippen LogP contribution in [0.1, 0.15) is 51.2 Å². The summed E-state index contributed by atoms with van der Waals surface area (Å²) >= 11 is 1.57. The number of aryl methyl sites for hydroxylation is 1. The Balaban J connectivity index is 1.58. The summed E-state index contributed by atoms with van der Waals surface area (Å²) in [6.45, 7) is 6.48. The first-order valence-electron chi connectivity index (χ1n) is 10.7. The van der Waals surface area contributed by atoms with E-state index in [-0.39, 0.29) is 5.54 Å². The number of H-pyrrole nitrogens is 1. The highest BCUT2D eigenvalue weighted by molar-refractivity contribution is 7.13. The molecule has 4 aromatic rings. The second kappa shape index (κ2) is 6.68. The molecule has 1 fully saturated rings. The third kappa shape index (κ3) is 2.42. The van der Waals surface area contributed by atoms with Gasteiger partial charge in [-0.05, 0) is 32.6 Å². The first kappa shape index (κ1) is 18.6. The van der Waals surface area contributed by atoms with Gasteiger partial charge >= 0.3 is 0 Å². The molecule has 6 heterocycles. The van der Waals surface area contributed by atoms with E-state index < -0.39 is 0 Å². The number of rotatable bonds is 4. The third-order valence-electron chi connectivity index (χ3n) is 6.76. The van der Waals surface area contributed by atoms with Crippen molar-refractivity contribution in [2.45, 2.75) is 58.0 Å². The van der Waals surface area contributed by atoms with Crippen molar-refractivity contribution < 1.29 is 0 Å². The van der Waals surface area contributed by atoms with Crippen molar-refractivity contribution in [1.82, 2.24) is 39.9 Å². The smallest absolute Gasteiger partial charge is 0.165 e. The van der Waals surface area contributed by atoms with Crippen molar-refractivity contribution in [3.8, 4) is 27.8 Å². The lowest BCUT2D eigenvalue weighted by Crippen LogP contribution is -2.50. The number of nitrogens with zero attached hydrogens (tertiary/aromatic N) is 8. The molecular weight excluding hydrogens is 410 g/mol. The van der Waals surface area contributed by atoms with E-state index in [1.54, 1.807) is 23.7 Å². The van der Waals surface area contributed by atoms with E-state index in [2.05, 4.69) is 48.7 Å². The molecule has 0 radical (unpaired) electrons. The van der Waals surface area contributed by atoms with E-state index in [1.165, 1.54) is 0 Å². The Morgan fingerprint density at radius 2 is 2.13 bits per heavy atom. The molecule has 9 nitrogen and oxygen atoms in total. The van der Waals surface area contributed by atoms with Gasteiger partial charge in [-0.15, -0.1) is 21.5 Å². The Morgan fingerprint density at radius 1 is 1.23 bits per heavy atom. The van der Waals surface area contributed by atoms with Crippen LogP contribution in [0.25, 0.3) is 27.8 Å². The summed E-state index contributed by atoms with van der Waals surface area (Å²) < 4.78 is 2.15. The second-order valence-electron chi connectivity index (χ2n) is 8.16. The standard InChI is InChI=1S/C21H23N9S/c1-4-13-6-7-21(5-2)20-28-26-12(3)29(20)15-11-23-17(25-18(15)30(13)21)14-10-24-27-16(14)19-22-8-9-31-19/h8-11,13H,4-7H2,1-3H3,(H,24,27)/t13-,21+/m1/s1. The molecule has 2 atom stereocenters. The molecule has 4 aromatic heterocycles. The lowest BCUT2D eigenvalue weighted by atomic mass is 9.90. The lowest BCUT2D eigenvalue weighted by Gasteiger charge is -2.45. The average molecular weight is 434 g/mol. The lowest BCUT2D eigenvalue weighted by molar-refractivity contribution is 0.370. The van der Waals surface area contributed by atoms with E-state index in [1.807, 2.05) is 18.5 Å². The van der Waals surface area contributed by atoms with Gasteiger partial charge in [0.2, 0.25) is 0 Å². The summed E-state index contributed by atoms with van der Waals surface area (Å²) in [5.41, 5.74) is 2.47. The molecule has 0 aliphatic carbocycles. The highest BCUT2D eigenvalue weighted by atomic mass is 32.1. The Hall–Kier alpha value is -3.14. The van der Waals surface area contributed by atoms with Crippen molar-refractivity contribution >= 4 is 17.2 Å². The molecule has 158 valence electrons. The maximum absolute atomic E-state index is 5.14. The number of fused-ring (bicyclic) bond motifs is 6. The first-order valence-corrected chi connectivity index (χ1v) is 11.6. The fourth-order valence-corrected chi connectivity index (χ4v) is 5.89. The van der Waals surface area contributed by atoms with Crippen molar-refractivity contribution in [2.24, 2.45) is 0 Å². The zero-order chi connectivity index (χ0) is 21.2. The first-order chi connectivity index (χ1) is 15.2. The minimum absolute atomic E-state index is 0.185. The largest absolute Gasteiger partial charge is 0.339 e. The molecule has 6 rings (SSSR count). The Kier molecular flexibility index (Phi) is 4.01. The van der Waals surface area contributed by atoms with Gasteiger partial charge in [-0.1, -0.05) is 13.8 Å². The SMILES string of the molecule is CC[C@@H]1CC[C@@]2(CC)c3nnc(C)n3-c3cnc(-c4cn[nH]c4-c4nccs4)nc3N12. The summed E-state index contributed by atoms with van der Waals surface area (Å²) in [5.74, 6) is 3.49. The van der Waals surface area contributed by atoms with Gasteiger partial charge in [0.05, 0.1) is 18.0 Å². The number of aromatic nitrogens is 8. The van der Waals surface area contributed by atoms with Gasteiger partial charge in [0.15, 0.2) is 17.5 Å². The second-order valence-corrected chi connectivity index (χ2v) is 9.06. The summed E-state index contributed by atoms with van der Waals surface area (Å²) in [7, 11) is 0. The molecule has 0 aromatic carbocycles. The monoisotopic (exact) mass is 433 g/mol. The van der Waals surface area contributed by atoms with Crippen LogP contribution in [0, 0.1) is 6.92 Å². The van der Waals surface area contributed by atoms with Crippen LogP contribution in [-0.2, 0) is 5.54 Å². The normalized spacial score (nSPS) is 21.8. The molecule has 1 N–H and O–H groups in total. The third-order valence-corrected chi connectivity index (χ3v) is 7.55. The maximum atomic E-state index is 5.14. The zero-order valence-corrected chi connectivity index (χ0v) is 18.5. The molecular formula is C21H23N9S. The summed E-state index contributed by atoms with van der Waals surface area (Å²) in [4.78, 5) is 16.8. The van der Waals surface area contributed by atoms with Gasteiger partial charge in [0.1, 0.15) is 27.8 Å². The van der Waals surface area contributed by atoms with Crippen LogP contribution in [0.15, 0.2) is 24.0 Å². The van der Waals surface area contributed by atoms with Gasteiger partial charge in [-0.3, -0.25) is 9.67 Å². The topological polar surface area (TPSA) is 101 Å². The minimum atomic E-state index is -0.185. The van der Waals surface area contributed by atoms with Gasteiger partial charge in [-0.2, -0.15) is 5.10 Å². The Bertz CT molecular complexity index is 1260. The fourth-order valence-electron chi connectivity index (χ4n) is 5.24. The van der Waals surface area contributed by atoms with Crippen molar-refractivity contribution in [1.29, 1.82) is 0 Å². The number of thiazole rings is 1. The van der Waals surface area contributed by atoms with Crippen molar-refractivity contribution in [2.75, 3.05) is 4.90 Å². The van der Waals surface area contributed by atoms with E-state index in [4.69, 9.17) is 9.97 Å². The van der Waals surface area contributed by atoms with Gasteiger partial charge in [-0.25, -0.2) is 15.0 Å². The summed E-state index contributed by atoms with van der Waals surface area (Å²) in [6, 6.07) is 0.412. The fraction of sp³-hybridized carbons (Fsp3) is 0.429. The highest BCUT2D eigenvalue weighted by Gasteiger charge is 2.53. The van der Waals surface area contributed by atoms with Gasteiger partial charge < -0.3 is 4.90 Å². The predicted molar refractivity (Wildman–Crippen MR) is 118 cm³/mol. The molecule has 1 saturated heterocycles. The number of anilines is 1. The van der Waals surface area contributed by atoms with Crippen molar-refractivity contribution in [3.63, 3.8) is 0 Å². The molecule has 0 unspecified atom stereocenters. The molecule has 31 heavy (non-hydrogen) atoms. The van der Waals surface area contributed by atoms with Crippen LogP contribution in [-0.4, -0.2) is 46.0 Å². The van der Waals surface area contributed by atoms with Crippen LogP contribution < -0.4 is 4.90 Å². The van der Waals surface area contributed by atoms with Crippen LogP contribution in [0.5, 0.6) is 0 Å². The number of hydrogen-bond acceptors (Lipinski definition) is 8. The zero-order valence-electron chi connectivity index (χ0n) is 17.7. The van der Waals surface area contributed by atoms with Crippen molar-refractivity contribution in [3.05, 3.63) is 35.6 Å². The van der Waals surface area contributed by atoms with Crippen LogP contribution in [0.4, 0.5) is 5.82 Å². The molecule has 0 spiro atoms. The maximum Gasteiger partial charge on any atom is 0.165 e. The number of aromatic amines is 1. The summed E-state index contributed by atoms with van der Waals surface area (Å²) in [6.07, 6.45) is 9.66. The number of hydrogen-bond donors (Lipinski definition) is 1. The molecule has 0 amide bonds. The van der Waals surface area contributed by atoms with Gasteiger partial charge in [0, 0.05) is 17.6 Å². The molecule has 2 aliphatic heterocycles. The van der Waals surface area contributed by atoms with Gasteiger partial charge in [0.25, 0.3) is 0 Å². The highest BCUT2D eigenvalue weighted by Crippen LogP contribution is 2.52. The minimum Gasteiger partial charge on any atom is -0.339 e. The predicted octanol–water partition coefficient (Wildman–Crippen LogP) is 3.88. The Labute approximate surface area is 183 Å². The molecule has 0 saturated carbocycles. The average Bonchev–Trinajstić information content (AvgIpc) is 3.58. The van der Waals surface area contributed by atoms with E-state index in [9.17, 15) is 0 Å². The molecule has 10 heteroatoms. The summed E-state index contributed by atoms with van der Waals surface area (Å²) in [5, 5.41) is 19.2. The van der Waals surface area contributed by atoms with Crippen LogP contribution in [0.3, 0.4) is 0 Å². The van der Waals surface area contributed by atoms with E-state index in [0.29, 0.717) is 11.9 Å². The Morgan fingerprint density at radius 3 is 2.90 bits per heavy atom. The molecule has 0 bridgehead atoms.